The molecular formula is C15H15N5O. The van der Waals surface area contributed by atoms with Gasteiger partial charge in [-0.2, -0.15) is 10.5 Å². The van der Waals surface area contributed by atoms with Gasteiger partial charge in [0.25, 0.3) is 0 Å². The van der Waals surface area contributed by atoms with Gasteiger partial charge in [-0.05, 0) is 18.1 Å². The molecule has 0 aliphatic rings. The number of rotatable bonds is 5. The summed E-state index contributed by atoms with van der Waals surface area (Å²) in [5.74, 6) is -0.386. The predicted octanol–water partition coefficient (Wildman–Crippen LogP) is 0.913. The van der Waals surface area contributed by atoms with Crippen molar-refractivity contribution in [1.29, 1.82) is 10.5 Å². The average Bonchev–Trinajstić information content (AvgIpc) is 2.89. The summed E-state index contributed by atoms with van der Waals surface area (Å²) in [6, 6.07) is 10.7. The maximum Gasteiger partial charge on any atom is 0.241 e. The SMILES string of the molecule is N#CCN(CC#N)C(=O)C(N)Cc1c[nH]c2ccccc12. The molecule has 0 bridgehead atoms. The summed E-state index contributed by atoms with van der Waals surface area (Å²) in [5, 5.41) is 18.4. The summed E-state index contributed by atoms with van der Waals surface area (Å²) in [6.07, 6.45) is 2.19. The zero-order valence-corrected chi connectivity index (χ0v) is 11.4. The number of carbonyl (C=O) groups is 1. The molecule has 0 radical (unpaired) electrons. The Hall–Kier alpha value is -2.83. The van der Waals surface area contributed by atoms with Crippen molar-refractivity contribution in [2.45, 2.75) is 12.5 Å². The minimum atomic E-state index is -0.772. The van der Waals surface area contributed by atoms with E-state index in [0.29, 0.717) is 6.42 Å². The molecular weight excluding hydrogens is 266 g/mol. The number of para-hydroxylation sites is 1. The van der Waals surface area contributed by atoms with Gasteiger partial charge >= 0.3 is 0 Å². The third-order valence-electron chi connectivity index (χ3n) is 3.27. The van der Waals surface area contributed by atoms with Crippen molar-refractivity contribution >= 4 is 16.8 Å². The van der Waals surface area contributed by atoms with Crippen molar-refractivity contribution in [3.8, 4) is 12.1 Å². The minimum Gasteiger partial charge on any atom is -0.361 e. The van der Waals surface area contributed by atoms with E-state index in [4.69, 9.17) is 16.3 Å². The number of fused-ring (bicyclic) bond motifs is 1. The fourth-order valence-electron chi connectivity index (χ4n) is 2.24. The molecule has 0 aliphatic heterocycles. The number of benzene rings is 1. The second-order valence-corrected chi connectivity index (χ2v) is 4.68. The monoisotopic (exact) mass is 281 g/mol. The highest BCUT2D eigenvalue weighted by molar-refractivity contribution is 5.86. The Balaban J connectivity index is 2.13. The van der Waals surface area contributed by atoms with Crippen LogP contribution in [-0.4, -0.2) is 34.9 Å². The average molecular weight is 281 g/mol. The second-order valence-electron chi connectivity index (χ2n) is 4.68. The van der Waals surface area contributed by atoms with Crippen LogP contribution in [0.4, 0.5) is 0 Å². The minimum absolute atomic E-state index is 0.131. The van der Waals surface area contributed by atoms with Crippen LogP contribution >= 0.6 is 0 Å². The Morgan fingerprint density at radius 3 is 2.62 bits per heavy atom. The fraction of sp³-hybridized carbons (Fsp3) is 0.267. The summed E-state index contributed by atoms with van der Waals surface area (Å²) in [4.78, 5) is 16.5. The molecule has 0 saturated carbocycles. The van der Waals surface area contributed by atoms with Crippen LogP contribution in [0.2, 0.25) is 0 Å². The molecule has 1 aromatic carbocycles. The van der Waals surface area contributed by atoms with Crippen LogP contribution in [0.5, 0.6) is 0 Å². The zero-order valence-electron chi connectivity index (χ0n) is 11.4. The molecule has 0 spiro atoms. The number of hydrogen-bond donors (Lipinski definition) is 2. The summed E-state index contributed by atoms with van der Waals surface area (Å²) < 4.78 is 0. The molecule has 1 heterocycles. The Morgan fingerprint density at radius 1 is 1.29 bits per heavy atom. The number of hydrogen-bond acceptors (Lipinski definition) is 4. The third kappa shape index (κ3) is 3.19. The van der Waals surface area contributed by atoms with Crippen molar-refractivity contribution in [3.05, 3.63) is 36.0 Å². The molecule has 2 rings (SSSR count). The van der Waals surface area contributed by atoms with E-state index in [-0.39, 0.29) is 19.0 Å². The van der Waals surface area contributed by atoms with Crippen LogP contribution in [0.25, 0.3) is 10.9 Å². The van der Waals surface area contributed by atoms with Crippen LogP contribution in [0.1, 0.15) is 5.56 Å². The number of H-pyrrole nitrogens is 1. The first-order chi connectivity index (χ1) is 10.2. The summed E-state index contributed by atoms with van der Waals surface area (Å²) in [7, 11) is 0. The quantitative estimate of drug-likeness (QED) is 0.794. The van der Waals surface area contributed by atoms with E-state index in [9.17, 15) is 4.79 Å². The molecule has 6 nitrogen and oxygen atoms in total. The van der Waals surface area contributed by atoms with Crippen LogP contribution in [0.15, 0.2) is 30.5 Å². The van der Waals surface area contributed by atoms with Gasteiger partial charge < -0.3 is 15.6 Å². The highest BCUT2D eigenvalue weighted by Gasteiger charge is 2.21. The lowest BCUT2D eigenvalue weighted by atomic mass is 10.0. The summed E-state index contributed by atoms with van der Waals surface area (Å²) >= 11 is 0. The normalized spacial score (nSPS) is 11.6. The molecule has 0 fully saturated rings. The first-order valence-corrected chi connectivity index (χ1v) is 6.50. The van der Waals surface area contributed by atoms with Gasteiger partial charge in [0, 0.05) is 17.1 Å². The summed E-state index contributed by atoms with van der Waals surface area (Å²) in [5.41, 5.74) is 7.87. The first-order valence-electron chi connectivity index (χ1n) is 6.50. The van der Waals surface area contributed by atoms with E-state index >= 15 is 0 Å². The number of aromatic amines is 1. The van der Waals surface area contributed by atoms with E-state index in [2.05, 4.69) is 4.98 Å². The molecule has 21 heavy (non-hydrogen) atoms. The highest BCUT2D eigenvalue weighted by atomic mass is 16.2. The van der Waals surface area contributed by atoms with E-state index in [0.717, 1.165) is 16.5 Å². The molecule has 106 valence electrons. The van der Waals surface area contributed by atoms with Crippen molar-refractivity contribution in [2.24, 2.45) is 5.73 Å². The maximum atomic E-state index is 12.2. The zero-order chi connectivity index (χ0) is 15.2. The molecule has 1 aromatic heterocycles. The number of aromatic nitrogens is 1. The predicted molar refractivity (Wildman–Crippen MR) is 77.8 cm³/mol. The largest absolute Gasteiger partial charge is 0.361 e. The van der Waals surface area contributed by atoms with Crippen molar-refractivity contribution < 1.29 is 4.79 Å². The van der Waals surface area contributed by atoms with Gasteiger partial charge in [0.15, 0.2) is 0 Å². The van der Waals surface area contributed by atoms with E-state index < -0.39 is 6.04 Å². The molecule has 2 aromatic rings. The molecule has 0 aliphatic carbocycles. The number of nitriles is 2. The lowest BCUT2D eigenvalue weighted by molar-refractivity contribution is -0.131. The molecule has 3 N–H and O–H groups in total. The van der Waals surface area contributed by atoms with Gasteiger partial charge in [-0.15, -0.1) is 0 Å². The van der Waals surface area contributed by atoms with Gasteiger partial charge in [0.1, 0.15) is 13.1 Å². The molecule has 1 amide bonds. The van der Waals surface area contributed by atoms with Crippen molar-refractivity contribution in [2.75, 3.05) is 13.1 Å². The van der Waals surface area contributed by atoms with Gasteiger partial charge in [-0.3, -0.25) is 4.79 Å². The first kappa shape index (κ1) is 14.6. The van der Waals surface area contributed by atoms with Crippen molar-refractivity contribution in [3.63, 3.8) is 0 Å². The lowest BCUT2D eigenvalue weighted by Gasteiger charge is -2.20. The lowest BCUT2D eigenvalue weighted by Crippen LogP contribution is -2.45. The third-order valence-corrected chi connectivity index (χ3v) is 3.27. The fourth-order valence-corrected chi connectivity index (χ4v) is 2.24. The van der Waals surface area contributed by atoms with Gasteiger partial charge in [0.2, 0.25) is 5.91 Å². The van der Waals surface area contributed by atoms with Gasteiger partial charge in [-0.25, -0.2) is 0 Å². The second kappa shape index (κ2) is 6.56. The molecule has 1 atom stereocenters. The topological polar surface area (TPSA) is 110 Å². The number of nitrogens with zero attached hydrogens (tertiary/aromatic N) is 3. The van der Waals surface area contributed by atoms with E-state index in [1.165, 1.54) is 4.90 Å². The molecule has 6 heteroatoms. The maximum absolute atomic E-state index is 12.2. The smallest absolute Gasteiger partial charge is 0.241 e. The Morgan fingerprint density at radius 2 is 1.95 bits per heavy atom. The standard InChI is InChI=1S/C15H15N5O/c16-5-7-20(8-6-17)15(21)13(18)9-11-10-19-14-4-2-1-3-12(11)14/h1-4,10,13,19H,7-9,18H2. The molecule has 1 unspecified atom stereocenters. The van der Waals surface area contributed by atoms with Crippen LogP contribution in [-0.2, 0) is 11.2 Å². The van der Waals surface area contributed by atoms with Gasteiger partial charge in [-0.1, -0.05) is 18.2 Å². The number of nitrogens with two attached hydrogens (primary N) is 1. The van der Waals surface area contributed by atoms with E-state index in [1.807, 2.05) is 42.6 Å². The van der Waals surface area contributed by atoms with Gasteiger partial charge in [0.05, 0.1) is 18.2 Å². The van der Waals surface area contributed by atoms with Crippen LogP contribution in [0.3, 0.4) is 0 Å². The van der Waals surface area contributed by atoms with Crippen molar-refractivity contribution in [1.82, 2.24) is 9.88 Å². The Bertz CT molecular complexity index is 705. The molecule has 0 saturated heterocycles. The number of amides is 1. The van der Waals surface area contributed by atoms with Crippen LogP contribution in [0, 0.1) is 22.7 Å². The number of carbonyl (C=O) groups excluding carboxylic acids is 1. The van der Waals surface area contributed by atoms with E-state index in [1.54, 1.807) is 0 Å². The summed E-state index contributed by atoms with van der Waals surface area (Å²) in [6.45, 7) is -0.262. The Kier molecular flexibility index (Phi) is 4.55. The van der Waals surface area contributed by atoms with Crippen LogP contribution < -0.4 is 5.73 Å². The Labute approximate surface area is 122 Å². The number of nitrogens with one attached hydrogen (secondary N) is 1. The highest BCUT2D eigenvalue weighted by Crippen LogP contribution is 2.19.